The fourth-order valence-corrected chi connectivity index (χ4v) is 3.93. The number of methoxy groups -OCH3 is 2. The quantitative estimate of drug-likeness (QED) is 0.662. The summed E-state index contributed by atoms with van der Waals surface area (Å²) in [5, 5.41) is 20.9. The van der Waals surface area contributed by atoms with E-state index >= 15 is 0 Å². The lowest BCUT2D eigenvalue weighted by Crippen LogP contribution is -2.41. The number of nitriles is 1. The van der Waals surface area contributed by atoms with Crippen LogP contribution in [0.3, 0.4) is 0 Å². The van der Waals surface area contributed by atoms with Crippen molar-refractivity contribution >= 4 is 17.6 Å². The van der Waals surface area contributed by atoms with Crippen molar-refractivity contribution in [3.63, 3.8) is 0 Å². The standard InChI is InChI=1S/C26H27N3O5/c1-26(2,3)16-11-12-19(30)18(13-16)29-22(25(32)34-5)21(24(31)33-4)20(17(14-27)23(29)28)15-9-7-6-8-10-15/h6-13,20,30H,28H2,1-5H3. The monoisotopic (exact) mass is 461 g/mol. The normalized spacial score (nSPS) is 16.2. The van der Waals surface area contributed by atoms with E-state index in [1.54, 1.807) is 42.5 Å². The smallest absolute Gasteiger partial charge is 0.355 e. The molecule has 1 atom stereocenters. The third-order valence-corrected chi connectivity index (χ3v) is 5.69. The van der Waals surface area contributed by atoms with E-state index < -0.39 is 17.9 Å². The molecule has 8 heteroatoms. The largest absolute Gasteiger partial charge is 0.506 e. The molecule has 34 heavy (non-hydrogen) atoms. The average Bonchev–Trinajstić information content (AvgIpc) is 2.82. The van der Waals surface area contributed by atoms with Crippen molar-refractivity contribution in [2.24, 2.45) is 5.73 Å². The summed E-state index contributed by atoms with van der Waals surface area (Å²) in [4.78, 5) is 27.4. The van der Waals surface area contributed by atoms with E-state index in [0.29, 0.717) is 5.56 Å². The molecule has 0 aromatic heterocycles. The van der Waals surface area contributed by atoms with Crippen molar-refractivity contribution in [3.05, 3.63) is 82.3 Å². The maximum Gasteiger partial charge on any atom is 0.355 e. The molecule has 1 aliphatic heterocycles. The lowest BCUT2D eigenvalue weighted by atomic mass is 9.80. The molecule has 1 unspecified atom stereocenters. The van der Waals surface area contributed by atoms with Gasteiger partial charge in [-0.15, -0.1) is 0 Å². The van der Waals surface area contributed by atoms with Crippen LogP contribution >= 0.6 is 0 Å². The lowest BCUT2D eigenvalue weighted by Gasteiger charge is -2.36. The number of rotatable bonds is 4. The molecule has 3 rings (SSSR count). The van der Waals surface area contributed by atoms with Crippen LogP contribution in [0.1, 0.15) is 37.8 Å². The van der Waals surface area contributed by atoms with E-state index in [1.165, 1.54) is 25.2 Å². The zero-order chi connectivity index (χ0) is 25.2. The maximum atomic E-state index is 13.1. The SMILES string of the molecule is COC(=O)C1=C(C(=O)OC)N(c2cc(C(C)(C)C)ccc2O)C(N)=C(C#N)C1c1ccccc1. The Bertz CT molecular complexity index is 1230. The van der Waals surface area contributed by atoms with Crippen LogP contribution in [0.15, 0.2) is 71.2 Å². The number of hydrogen-bond acceptors (Lipinski definition) is 8. The van der Waals surface area contributed by atoms with Gasteiger partial charge in [-0.2, -0.15) is 5.26 Å². The number of benzene rings is 2. The number of carbonyl (C=O) groups excluding carboxylic acids is 2. The van der Waals surface area contributed by atoms with E-state index in [4.69, 9.17) is 15.2 Å². The van der Waals surface area contributed by atoms with E-state index in [2.05, 4.69) is 6.07 Å². The Morgan fingerprint density at radius 3 is 2.21 bits per heavy atom. The molecule has 1 aliphatic rings. The highest BCUT2D eigenvalue weighted by Crippen LogP contribution is 2.45. The van der Waals surface area contributed by atoms with E-state index in [9.17, 15) is 20.0 Å². The number of hydrogen-bond donors (Lipinski definition) is 2. The number of ether oxygens (including phenoxy) is 2. The predicted molar refractivity (Wildman–Crippen MR) is 126 cm³/mol. The molecule has 2 aromatic carbocycles. The van der Waals surface area contributed by atoms with Gasteiger partial charge in [0.1, 0.15) is 17.3 Å². The third-order valence-electron chi connectivity index (χ3n) is 5.69. The summed E-state index contributed by atoms with van der Waals surface area (Å²) in [6.45, 7) is 5.96. The van der Waals surface area contributed by atoms with E-state index in [-0.39, 0.29) is 39.5 Å². The Hall–Kier alpha value is -4.25. The Morgan fingerprint density at radius 1 is 1.06 bits per heavy atom. The number of allylic oxidation sites excluding steroid dienone is 1. The van der Waals surface area contributed by atoms with Gasteiger partial charge in [0, 0.05) is 0 Å². The summed E-state index contributed by atoms with van der Waals surface area (Å²) in [5.41, 5.74) is 7.39. The number of carbonyl (C=O) groups is 2. The van der Waals surface area contributed by atoms with Crippen LogP contribution in [0.25, 0.3) is 0 Å². The first-order valence-electron chi connectivity index (χ1n) is 10.6. The third kappa shape index (κ3) is 4.20. The average molecular weight is 462 g/mol. The number of nitrogens with zero attached hydrogens (tertiary/aromatic N) is 2. The first-order chi connectivity index (χ1) is 16.1. The van der Waals surface area contributed by atoms with Gasteiger partial charge in [-0.3, -0.25) is 4.90 Å². The Labute approximate surface area is 198 Å². The molecule has 176 valence electrons. The molecular weight excluding hydrogens is 434 g/mol. The van der Waals surface area contributed by atoms with Crippen LogP contribution < -0.4 is 10.6 Å². The minimum atomic E-state index is -0.975. The molecule has 0 saturated carbocycles. The highest BCUT2D eigenvalue weighted by atomic mass is 16.5. The minimum absolute atomic E-state index is 0.0276. The van der Waals surface area contributed by atoms with Crippen LogP contribution in [0.2, 0.25) is 0 Å². The Morgan fingerprint density at radius 2 is 1.68 bits per heavy atom. The van der Waals surface area contributed by atoms with Crippen LogP contribution in [-0.2, 0) is 24.5 Å². The van der Waals surface area contributed by atoms with Crippen molar-refractivity contribution in [1.82, 2.24) is 0 Å². The van der Waals surface area contributed by atoms with Crippen LogP contribution in [0, 0.1) is 11.3 Å². The molecule has 0 aliphatic carbocycles. The second kappa shape index (κ2) is 9.32. The van der Waals surface area contributed by atoms with E-state index in [1.807, 2.05) is 20.8 Å². The van der Waals surface area contributed by atoms with Gasteiger partial charge in [-0.05, 0) is 28.7 Å². The molecule has 8 nitrogen and oxygen atoms in total. The second-order valence-electron chi connectivity index (χ2n) is 8.79. The zero-order valence-electron chi connectivity index (χ0n) is 19.7. The number of phenols is 1. The van der Waals surface area contributed by atoms with Gasteiger partial charge < -0.3 is 20.3 Å². The molecule has 0 fully saturated rings. The van der Waals surface area contributed by atoms with E-state index in [0.717, 1.165) is 5.56 Å². The van der Waals surface area contributed by atoms with Crippen LogP contribution in [-0.4, -0.2) is 31.3 Å². The maximum absolute atomic E-state index is 13.1. The Kier molecular flexibility index (Phi) is 6.68. The van der Waals surface area contributed by atoms with Gasteiger partial charge in [0.25, 0.3) is 0 Å². The number of nitrogens with two attached hydrogens (primary N) is 1. The van der Waals surface area contributed by atoms with Gasteiger partial charge in [0.15, 0.2) is 0 Å². The summed E-state index contributed by atoms with van der Waals surface area (Å²) in [5.74, 6) is -2.98. The molecule has 1 heterocycles. The fourth-order valence-electron chi connectivity index (χ4n) is 3.93. The van der Waals surface area contributed by atoms with Crippen molar-refractivity contribution in [1.29, 1.82) is 5.26 Å². The number of esters is 2. The van der Waals surface area contributed by atoms with Crippen LogP contribution in [0.5, 0.6) is 5.75 Å². The van der Waals surface area contributed by atoms with Crippen molar-refractivity contribution < 1.29 is 24.2 Å². The highest BCUT2D eigenvalue weighted by molar-refractivity contribution is 6.06. The molecule has 0 radical (unpaired) electrons. The summed E-state index contributed by atoms with van der Waals surface area (Å²) >= 11 is 0. The lowest BCUT2D eigenvalue weighted by molar-refractivity contribution is -0.139. The van der Waals surface area contributed by atoms with Crippen molar-refractivity contribution in [2.45, 2.75) is 32.1 Å². The number of phenolic OH excluding ortho intramolecular Hbond substituents is 1. The first kappa shape index (κ1) is 24.4. The molecule has 0 amide bonds. The number of aromatic hydroxyl groups is 1. The van der Waals surface area contributed by atoms with Gasteiger partial charge in [0.05, 0.1) is 43.0 Å². The minimum Gasteiger partial charge on any atom is -0.506 e. The molecule has 2 aromatic rings. The van der Waals surface area contributed by atoms with Crippen molar-refractivity contribution in [2.75, 3.05) is 19.1 Å². The number of anilines is 1. The molecular formula is C26H27N3O5. The van der Waals surface area contributed by atoms with Gasteiger partial charge >= 0.3 is 11.9 Å². The summed E-state index contributed by atoms with van der Waals surface area (Å²) in [6.07, 6.45) is 0. The molecule has 0 bridgehead atoms. The Balaban J connectivity index is 2.45. The molecule has 0 saturated heterocycles. The topological polar surface area (TPSA) is 126 Å². The van der Waals surface area contributed by atoms with Crippen LogP contribution in [0.4, 0.5) is 5.69 Å². The van der Waals surface area contributed by atoms with Gasteiger partial charge in [-0.1, -0.05) is 57.2 Å². The zero-order valence-corrected chi connectivity index (χ0v) is 19.7. The fraction of sp³-hybridized carbons (Fsp3) is 0.269. The van der Waals surface area contributed by atoms with Gasteiger partial charge in [-0.25, -0.2) is 9.59 Å². The predicted octanol–water partition coefficient (Wildman–Crippen LogP) is 3.59. The molecule has 3 N–H and O–H groups in total. The summed E-state index contributed by atoms with van der Waals surface area (Å²) in [7, 11) is 2.35. The highest BCUT2D eigenvalue weighted by Gasteiger charge is 2.43. The van der Waals surface area contributed by atoms with Gasteiger partial charge in [0.2, 0.25) is 0 Å². The van der Waals surface area contributed by atoms with Crippen molar-refractivity contribution in [3.8, 4) is 11.8 Å². The second-order valence-corrected chi connectivity index (χ2v) is 8.79. The summed E-state index contributed by atoms with van der Waals surface area (Å²) < 4.78 is 10.0. The first-order valence-corrected chi connectivity index (χ1v) is 10.6. The summed E-state index contributed by atoms with van der Waals surface area (Å²) in [6, 6.07) is 15.7. The molecule has 0 spiro atoms.